The average Bonchev–Trinajstić information content (AvgIpc) is 2.95. The van der Waals surface area contributed by atoms with Crippen molar-refractivity contribution in [1.82, 2.24) is 15.1 Å². The Labute approximate surface area is 154 Å². The van der Waals surface area contributed by atoms with Gasteiger partial charge in [-0.25, -0.2) is 4.79 Å². The van der Waals surface area contributed by atoms with Gasteiger partial charge in [0.2, 0.25) is 5.91 Å². The zero-order valence-corrected chi connectivity index (χ0v) is 15.4. The van der Waals surface area contributed by atoms with Gasteiger partial charge in [-0.05, 0) is 33.6 Å². The maximum absolute atomic E-state index is 13.5. The lowest BCUT2D eigenvalue weighted by molar-refractivity contribution is -0.156. The number of ether oxygens (including phenoxy) is 1. The van der Waals surface area contributed by atoms with E-state index >= 15 is 0 Å². The number of halogens is 3. The monoisotopic (exact) mass is 388 g/mol. The van der Waals surface area contributed by atoms with Gasteiger partial charge in [-0.15, -0.1) is 0 Å². The van der Waals surface area contributed by atoms with E-state index in [1.165, 1.54) is 0 Å². The Morgan fingerprint density at radius 3 is 2.41 bits per heavy atom. The first kappa shape index (κ1) is 19.5. The van der Waals surface area contributed by atoms with E-state index < -0.39 is 36.1 Å². The fraction of sp³-hybridized carbons (Fsp3) is 0.706. The molecule has 7 nitrogen and oxygen atoms in total. The summed E-state index contributed by atoms with van der Waals surface area (Å²) in [6, 6.07) is 0. The van der Waals surface area contributed by atoms with Crippen LogP contribution in [0.1, 0.15) is 63.1 Å². The summed E-state index contributed by atoms with van der Waals surface area (Å²) < 4.78 is 45.7. The average molecular weight is 388 g/mol. The van der Waals surface area contributed by atoms with Crippen molar-refractivity contribution >= 4 is 17.8 Å². The Morgan fingerprint density at radius 1 is 1.22 bits per heavy atom. The molecule has 0 aliphatic carbocycles. The van der Waals surface area contributed by atoms with Crippen molar-refractivity contribution in [2.75, 3.05) is 18.4 Å². The number of aromatic amines is 1. The summed E-state index contributed by atoms with van der Waals surface area (Å²) in [5.41, 5.74) is -0.248. The summed E-state index contributed by atoms with van der Waals surface area (Å²) in [4.78, 5) is 25.3. The van der Waals surface area contributed by atoms with Gasteiger partial charge in [-0.3, -0.25) is 9.89 Å². The molecule has 2 aliphatic heterocycles. The van der Waals surface area contributed by atoms with Gasteiger partial charge in [0.25, 0.3) is 0 Å². The van der Waals surface area contributed by atoms with Crippen LogP contribution in [0.4, 0.5) is 23.8 Å². The Balaban J connectivity index is 1.75. The van der Waals surface area contributed by atoms with Crippen molar-refractivity contribution in [2.24, 2.45) is 0 Å². The van der Waals surface area contributed by atoms with Crippen LogP contribution in [0.2, 0.25) is 0 Å². The number of piperidine rings is 1. The number of carbonyl (C=O) groups is 2. The molecule has 1 atom stereocenters. The molecule has 1 aromatic rings. The predicted octanol–water partition coefficient (Wildman–Crippen LogP) is 3.51. The van der Waals surface area contributed by atoms with Crippen molar-refractivity contribution in [3.05, 3.63) is 11.3 Å². The topological polar surface area (TPSA) is 87.3 Å². The molecule has 0 spiro atoms. The third-order valence-electron chi connectivity index (χ3n) is 4.76. The van der Waals surface area contributed by atoms with E-state index in [1.807, 2.05) is 0 Å². The highest BCUT2D eigenvalue weighted by Crippen LogP contribution is 2.46. The summed E-state index contributed by atoms with van der Waals surface area (Å²) >= 11 is 0. The highest BCUT2D eigenvalue weighted by Gasteiger charge is 2.48. The summed E-state index contributed by atoms with van der Waals surface area (Å²) in [6.45, 7) is 6.09. The number of carbonyl (C=O) groups excluding carboxylic acids is 2. The van der Waals surface area contributed by atoms with Gasteiger partial charge in [0.05, 0.1) is 11.6 Å². The van der Waals surface area contributed by atoms with Gasteiger partial charge >= 0.3 is 12.3 Å². The number of H-pyrrole nitrogens is 1. The Kier molecular flexibility index (Phi) is 4.85. The molecule has 3 rings (SSSR count). The maximum atomic E-state index is 13.5. The van der Waals surface area contributed by atoms with Gasteiger partial charge in [0, 0.05) is 31.0 Å². The number of nitrogens with zero attached hydrogens (tertiary/aromatic N) is 2. The summed E-state index contributed by atoms with van der Waals surface area (Å²) in [5.74, 6) is -2.74. The van der Waals surface area contributed by atoms with E-state index in [9.17, 15) is 22.8 Å². The number of hydrogen-bond donors (Lipinski definition) is 2. The zero-order chi connectivity index (χ0) is 20.0. The van der Waals surface area contributed by atoms with Gasteiger partial charge in [0.15, 0.2) is 0 Å². The molecule has 2 aliphatic rings. The lowest BCUT2D eigenvalue weighted by Gasteiger charge is -2.34. The molecule has 27 heavy (non-hydrogen) atoms. The smallest absolute Gasteiger partial charge is 0.410 e. The fourth-order valence-electron chi connectivity index (χ4n) is 3.54. The molecule has 0 aromatic carbocycles. The second kappa shape index (κ2) is 6.72. The molecular weight excluding hydrogens is 365 g/mol. The minimum Gasteiger partial charge on any atom is -0.444 e. The van der Waals surface area contributed by atoms with Gasteiger partial charge in [0.1, 0.15) is 11.4 Å². The van der Waals surface area contributed by atoms with Crippen LogP contribution in [-0.2, 0) is 9.53 Å². The van der Waals surface area contributed by atoms with Crippen LogP contribution in [0.5, 0.6) is 0 Å². The number of likely N-dealkylation sites (tertiary alicyclic amines) is 1. The molecule has 0 saturated carbocycles. The van der Waals surface area contributed by atoms with Crippen LogP contribution in [0, 0.1) is 0 Å². The summed E-state index contributed by atoms with van der Waals surface area (Å²) in [6.07, 6.45) is -4.63. The van der Waals surface area contributed by atoms with Crippen LogP contribution in [-0.4, -0.2) is 52.0 Å². The van der Waals surface area contributed by atoms with E-state index in [-0.39, 0.29) is 17.3 Å². The SMILES string of the molecule is CC(C)(C)OC(=O)N1CCC(c2n[nH]c3c2C(C(F)(F)F)CC(=O)N3)CC1. The molecule has 0 bridgehead atoms. The van der Waals surface area contributed by atoms with Crippen LogP contribution >= 0.6 is 0 Å². The van der Waals surface area contributed by atoms with E-state index in [2.05, 4.69) is 15.5 Å². The van der Waals surface area contributed by atoms with Crippen LogP contribution in [0.25, 0.3) is 0 Å². The molecule has 150 valence electrons. The molecule has 1 fully saturated rings. The number of hydrogen-bond acceptors (Lipinski definition) is 4. The summed E-state index contributed by atoms with van der Waals surface area (Å²) in [7, 11) is 0. The molecule has 1 aromatic heterocycles. The molecule has 10 heteroatoms. The second-order valence-corrected chi connectivity index (χ2v) is 7.99. The quantitative estimate of drug-likeness (QED) is 0.771. The van der Waals surface area contributed by atoms with Crippen molar-refractivity contribution < 1.29 is 27.5 Å². The minimum atomic E-state index is -4.53. The second-order valence-electron chi connectivity index (χ2n) is 7.99. The highest BCUT2D eigenvalue weighted by molar-refractivity contribution is 5.94. The van der Waals surface area contributed by atoms with E-state index in [4.69, 9.17) is 4.74 Å². The van der Waals surface area contributed by atoms with Crippen LogP contribution in [0.3, 0.4) is 0 Å². The Morgan fingerprint density at radius 2 is 1.85 bits per heavy atom. The standard InChI is InChI=1S/C17H23F3N4O3/c1-16(2,3)27-15(26)24-6-4-9(5-7-24)13-12-10(17(18,19)20)8-11(25)21-14(12)23-22-13/h9-10H,4-8H2,1-3H3,(H2,21,22,23,25). The van der Waals surface area contributed by atoms with E-state index in [1.54, 1.807) is 25.7 Å². The molecule has 1 unspecified atom stereocenters. The van der Waals surface area contributed by atoms with E-state index in [0.717, 1.165) is 0 Å². The van der Waals surface area contributed by atoms with Gasteiger partial charge < -0.3 is 15.0 Å². The third kappa shape index (κ3) is 4.19. The lowest BCUT2D eigenvalue weighted by atomic mass is 9.84. The zero-order valence-electron chi connectivity index (χ0n) is 15.4. The maximum Gasteiger partial charge on any atom is 0.410 e. The number of nitrogens with one attached hydrogen (secondary N) is 2. The third-order valence-corrected chi connectivity index (χ3v) is 4.76. The van der Waals surface area contributed by atoms with E-state index in [0.29, 0.717) is 31.6 Å². The highest BCUT2D eigenvalue weighted by atomic mass is 19.4. The number of amides is 2. The number of alkyl halides is 3. The van der Waals surface area contributed by atoms with Crippen molar-refractivity contribution in [3.63, 3.8) is 0 Å². The molecule has 2 N–H and O–H groups in total. The number of rotatable bonds is 1. The lowest BCUT2D eigenvalue weighted by Crippen LogP contribution is -2.41. The van der Waals surface area contributed by atoms with Gasteiger partial charge in [-0.1, -0.05) is 0 Å². The Hall–Kier alpha value is -2.26. The van der Waals surface area contributed by atoms with Gasteiger partial charge in [-0.2, -0.15) is 18.3 Å². The van der Waals surface area contributed by atoms with Crippen molar-refractivity contribution in [3.8, 4) is 0 Å². The largest absolute Gasteiger partial charge is 0.444 e. The fourth-order valence-corrected chi connectivity index (χ4v) is 3.54. The number of fused-ring (bicyclic) bond motifs is 1. The summed E-state index contributed by atoms with van der Waals surface area (Å²) in [5, 5.41) is 9.04. The van der Waals surface area contributed by atoms with Crippen LogP contribution in [0.15, 0.2) is 0 Å². The molecule has 1 saturated heterocycles. The number of anilines is 1. The minimum absolute atomic E-state index is 0.0258. The predicted molar refractivity (Wildman–Crippen MR) is 90.4 cm³/mol. The molecular formula is C17H23F3N4O3. The molecule has 0 radical (unpaired) electrons. The van der Waals surface area contributed by atoms with Crippen molar-refractivity contribution in [2.45, 2.75) is 63.6 Å². The number of aromatic nitrogens is 2. The molecule has 3 heterocycles. The van der Waals surface area contributed by atoms with Crippen molar-refractivity contribution in [1.29, 1.82) is 0 Å². The van der Waals surface area contributed by atoms with Crippen LogP contribution < -0.4 is 5.32 Å². The first-order valence-corrected chi connectivity index (χ1v) is 8.88. The Bertz CT molecular complexity index is 731. The first-order chi connectivity index (χ1) is 12.5. The molecule has 2 amide bonds. The first-order valence-electron chi connectivity index (χ1n) is 8.88. The normalized spacial score (nSPS) is 21.6.